The molecule has 0 radical (unpaired) electrons. The molecule has 0 N–H and O–H groups in total. The zero-order valence-corrected chi connectivity index (χ0v) is 20.1. The first-order valence-corrected chi connectivity index (χ1v) is 16.5. The molecular formula is C18H42O3PSi2+. The van der Waals surface area contributed by atoms with Gasteiger partial charge in [-0.05, 0) is 36.3 Å². The Labute approximate surface area is 154 Å². The normalized spacial score (nSPS) is 12.6. The van der Waals surface area contributed by atoms with Crippen LogP contribution in [0.4, 0.5) is 0 Å². The van der Waals surface area contributed by atoms with Crippen LogP contribution >= 0.6 is 8.25 Å². The molecule has 0 atom stereocenters. The van der Waals surface area contributed by atoms with Gasteiger partial charge in [-0.15, -0.1) is 0 Å². The van der Waals surface area contributed by atoms with Gasteiger partial charge in [0.1, 0.15) is 0 Å². The number of hydrogen-bond acceptors (Lipinski definition) is 3. The Balaban J connectivity index is 5.16. The first kappa shape index (κ1) is 24.5. The minimum atomic E-state index is -1.95. The second-order valence-corrected chi connectivity index (χ2v) is 16.9. The Morgan fingerprint density at radius 2 is 0.750 bits per heavy atom. The van der Waals surface area contributed by atoms with Gasteiger partial charge in [-0.25, -0.2) is 0 Å². The van der Waals surface area contributed by atoms with Crippen molar-refractivity contribution in [3.05, 3.63) is 0 Å². The smallest absolute Gasteiger partial charge is 0.176 e. The Morgan fingerprint density at radius 3 is 0.917 bits per heavy atom. The summed E-state index contributed by atoms with van der Waals surface area (Å²) in [5, 5.41) is 0. The van der Waals surface area contributed by atoms with Crippen LogP contribution in [0.3, 0.4) is 0 Å². The molecule has 0 bridgehead atoms. The predicted octanol–water partition coefficient (Wildman–Crippen LogP) is 8.03. The summed E-state index contributed by atoms with van der Waals surface area (Å²) < 4.78 is 25.5. The van der Waals surface area contributed by atoms with E-state index >= 15 is 0 Å². The van der Waals surface area contributed by atoms with E-state index in [1.807, 2.05) is 0 Å². The molecule has 0 saturated carbocycles. The highest BCUT2D eigenvalue weighted by Crippen LogP contribution is 2.43. The lowest BCUT2D eigenvalue weighted by molar-refractivity contribution is 0.394. The zero-order valence-electron chi connectivity index (χ0n) is 17.2. The maximum atomic E-state index is 12.9. The Hall–Kier alpha value is 0.454. The molecule has 0 heterocycles. The average Bonchev–Trinajstić information content (AvgIpc) is 2.48. The molecule has 0 aliphatic rings. The van der Waals surface area contributed by atoms with Crippen molar-refractivity contribution < 1.29 is 13.0 Å². The summed E-state index contributed by atoms with van der Waals surface area (Å²) in [6, 6.07) is 6.68. The SMILES string of the molecule is CCC[Si](CCC)(CCC)O[P+](=O)O[Si](CCC)(CCC)CCC. The molecule has 0 spiro atoms. The molecule has 0 aliphatic heterocycles. The van der Waals surface area contributed by atoms with Crippen molar-refractivity contribution in [2.24, 2.45) is 0 Å². The maximum Gasteiger partial charge on any atom is 0.673 e. The molecule has 0 aromatic rings. The van der Waals surface area contributed by atoms with Crippen LogP contribution in [0.15, 0.2) is 0 Å². The molecule has 0 fully saturated rings. The average molecular weight is 394 g/mol. The van der Waals surface area contributed by atoms with Gasteiger partial charge in [0.05, 0.1) is 0 Å². The van der Waals surface area contributed by atoms with Crippen LogP contribution in [-0.4, -0.2) is 16.6 Å². The van der Waals surface area contributed by atoms with Crippen LogP contribution in [0.5, 0.6) is 0 Å². The van der Waals surface area contributed by atoms with Gasteiger partial charge in [0.2, 0.25) is 0 Å². The maximum absolute atomic E-state index is 12.9. The minimum Gasteiger partial charge on any atom is -0.176 e. The molecule has 0 aliphatic carbocycles. The first-order chi connectivity index (χ1) is 11.5. The number of rotatable bonds is 16. The van der Waals surface area contributed by atoms with Crippen LogP contribution in [0.2, 0.25) is 36.3 Å². The molecule has 3 nitrogen and oxygen atoms in total. The molecule has 24 heavy (non-hydrogen) atoms. The second kappa shape index (κ2) is 13.6. The summed E-state index contributed by atoms with van der Waals surface area (Å²) in [5.74, 6) is 0. The van der Waals surface area contributed by atoms with Crippen LogP contribution < -0.4 is 0 Å². The topological polar surface area (TPSA) is 35.5 Å². The largest absolute Gasteiger partial charge is 0.673 e. The van der Waals surface area contributed by atoms with Gasteiger partial charge >= 0.3 is 8.25 Å². The van der Waals surface area contributed by atoms with Crippen LogP contribution in [0.25, 0.3) is 0 Å². The standard InChI is InChI=1S/C18H42O3PSi2/c1-7-13-23(14-8-2,15-9-3)20-22(19)21-24(16-10-4,17-11-5)18-12-6/h7-18H2,1-6H3/q+1. The summed E-state index contributed by atoms with van der Waals surface area (Å²) in [7, 11) is -5.78. The molecule has 0 amide bonds. The molecule has 6 heteroatoms. The third-order valence-electron chi connectivity index (χ3n) is 4.77. The van der Waals surface area contributed by atoms with Gasteiger partial charge in [-0.3, -0.25) is 0 Å². The highest BCUT2D eigenvalue weighted by molar-refractivity contribution is 7.38. The van der Waals surface area contributed by atoms with E-state index in [1.165, 1.54) is 0 Å². The molecule has 0 saturated heterocycles. The summed E-state index contributed by atoms with van der Waals surface area (Å²) in [6.45, 7) is 13.3. The Morgan fingerprint density at radius 1 is 0.542 bits per heavy atom. The van der Waals surface area contributed by atoms with Gasteiger partial charge in [0.25, 0.3) is 16.6 Å². The number of hydrogen-bond donors (Lipinski definition) is 0. The van der Waals surface area contributed by atoms with Crippen LogP contribution in [0, 0.1) is 0 Å². The van der Waals surface area contributed by atoms with E-state index in [9.17, 15) is 4.57 Å². The van der Waals surface area contributed by atoms with E-state index in [0.717, 1.165) is 74.8 Å². The van der Waals surface area contributed by atoms with Crippen molar-refractivity contribution in [1.29, 1.82) is 0 Å². The lowest BCUT2D eigenvalue weighted by atomic mass is 10.6. The van der Waals surface area contributed by atoms with E-state index in [4.69, 9.17) is 8.43 Å². The lowest BCUT2D eigenvalue weighted by Gasteiger charge is -2.26. The molecule has 144 valence electrons. The molecule has 0 aromatic carbocycles. The summed E-state index contributed by atoms with van der Waals surface area (Å²) >= 11 is 0. The third kappa shape index (κ3) is 8.71. The molecular weight excluding hydrogens is 351 g/mol. The van der Waals surface area contributed by atoms with E-state index in [-0.39, 0.29) is 0 Å². The van der Waals surface area contributed by atoms with Crippen LogP contribution in [-0.2, 0) is 13.0 Å². The Bertz CT molecular complexity index is 276. The molecule has 0 aromatic heterocycles. The van der Waals surface area contributed by atoms with Crippen molar-refractivity contribution in [3.63, 3.8) is 0 Å². The fourth-order valence-corrected chi connectivity index (χ4v) is 16.3. The van der Waals surface area contributed by atoms with Crippen molar-refractivity contribution in [1.82, 2.24) is 0 Å². The van der Waals surface area contributed by atoms with E-state index < -0.39 is 24.9 Å². The zero-order chi connectivity index (χ0) is 18.5. The fraction of sp³-hybridized carbons (Fsp3) is 1.00. The van der Waals surface area contributed by atoms with E-state index in [1.54, 1.807) is 0 Å². The van der Waals surface area contributed by atoms with E-state index in [2.05, 4.69) is 41.5 Å². The highest BCUT2D eigenvalue weighted by atomic mass is 31.1. The van der Waals surface area contributed by atoms with Crippen molar-refractivity contribution in [2.45, 2.75) is 116 Å². The highest BCUT2D eigenvalue weighted by Gasteiger charge is 2.48. The lowest BCUT2D eigenvalue weighted by Crippen LogP contribution is -2.39. The summed E-state index contributed by atoms with van der Waals surface area (Å²) in [4.78, 5) is 0. The van der Waals surface area contributed by atoms with Gasteiger partial charge < -0.3 is 0 Å². The molecule has 0 rings (SSSR count). The summed E-state index contributed by atoms with van der Waals surface area (Å²) in [6.07, 6.45) is 6.73. The Kier molecular flexibility index (Phi) is 13.9. The first-order valence-electron chi connectivity index (χ1n) is 10.3. The molecule has 0 unspecified atom stereocenters. The second-order valence-electron chi connectivity index (χ2n) is 7.27. The van der Waals surface area contributed by atoms with E-state index in [0.29, 0.717) is 0 Å². The predicted molar refractivity (Wildman–Crippen MR) is 112 cm³/mol. The van der Waals surface area contributed by atoms with Crippen molar-refractivity contribution in [3.8, 4) is 0 Å². The third-order valence-corrected chi connectivity index (χ3v) is 17.5. The van der Waals surface area contributed by atoms with Crippen molar-refractivity contribution >= 4 is 24.9 Å². The minimum absolute atomic E-state index is 1.11. The van der Waals surface area contributed by atoms with Crippen molar-refractivity contribution in [2.75, 3.05) is 0 Å². The van der Waals surface area contributed by atoms with Gasteiger partial charge in [-0.1, -0.05) is 80.1 Å². The van der Waals surface area contributed by atoms with Crippen LogP contribution in [0.1, 0.15) is 80.1 Å². The quantitative estimate of drug-likeness (QED) is 0.197. The monoisotopic (exact) mass is 393 g/mol. The van der Waals surface area contributed by atoms with Gasteiger partial charge in [0, 0.05) is 4.57 Å². The van der Waals surface area contributed by atoms with Gasteiger partial charge in [-0.2, -0.15) is 8.43 Å². The fourth-order valence-electron chi connectivity index (χ4n) is 4.09. The van der Waals surface area contributed by atoms with Gasteiger partial charge in [0.15, 0.2) is 0 Å². The summed E-state index contributed by atoms with van der Waals surface area (Å²) in [5.41, 5.74) is 0.